The Morgan fingerprint density at radius 1 is 0.359 bits per heavy atom. The maximum absolute atomic E-state index is 6.56. The highest BCUT2D eigenvalue weighted by Crippen LogP contribution is 2.60. The van der Waals surface area contributed by atoms with Crippen LogP contribution in [0.2, 0.25) is 0 Å². The third-order valence-electron chi connectivity index (χ3n) is 17.1. The van der Waals surface area contributed by atoms with Gasteiger partial charge in [0.1, 0.15) is 12.4 Å². The van der Waals surface area contributed by atoms with Crippen LogP contribution in [0.4, 0.5) is 17.1 Å². The molecule has 2 heteroatoms. The molecule has 2 aliphatic rings. The zero-order valence-electron chi connectivity index (χ0n) is 44.9. The molecule has 0 spiro atoms. The van der Waals surface area contributed by atoms with Crippen molar-refractivity contribution in [3.8, 4) is 39.1 Å². The van der Waals surface area contributed by atoms with E-state index in [1.165, 1.54) is 89.0 Å². The first-order valence-corrected chi connectivity index (χ1v) is 27.8. The van der Waals surface area contributed by atoms with Gasteiger partial charge in [-0.2, -0.15) is 0 Å². The van der Waals surface area contributed by atoms with Gasteiger partial charge in [-0.15, -0.1) is 0 Å². The zero-order valence-corrected chi connectivity index (χ0v) is 44.9. The lowest BCUT2D eigenvalue weighted by molar-refractivity contribution is 0.306. The van der Waals surface area contributed by atoms with Crippen LogP contribution in [0.1, 0.15) is 107 Å². The highest BCUT2D eigenvalue weighted by molar-refractivity contribution is 5.92. The molecule has 0 fully saturated rings. The third-order valence-corrected chi connectivity index (χ3v) is 17.1. The predicted molar refractivity (Wildman–Crippen MR) is 325 cm³/mol. The lowest BCUT2D eigenvalue weighted by Crippen LogP contribution is -2.29. The van der Waals surface area contributed by atoms with Gasteiger partial charge in [-0.3, -0.25) is 0 Å². The van der Waals surface area contributed by atoms with Gasteiger partial charge in [0.15, 0.2) is 0 Å². The van der Waals surface area contributed by atoms with Crippen LogP contribution in [-0.4, -0.2) is 0 Å². The fourth-order valence-electron chi connectivity index (χ4n) is 12.9. The second kappa shape index (κ2) is 20.2. The van der Waals surface area contributed by atoms with Gasteiger partial charge in [0.2, 0.25) is 0 Å². The van der Waals surface area contributed by atoms with Crippen LogP contribution >= 0.6 is 0 Å². The first kappa shape index (κ1) is 48.6. The Kier molecular flexibility index (Phi) is 12.6. The van der Waals surface area contributed by atoms with E-state index in [1.807, 2.05) is 0 Å². The quantitative estimate of drug-likeness (QED) is 0.108. The van der Waals surface area contributed by atoms with Gasteiger partial charge in [-0.05, 0) is 161 Å². The van der Waals surface area contributed by atoms with Gasteiger partial charge in [0.25, 0.3) is 0 Å². The van der Waals surface area contributed by atoms with E-state index in [0.29, 0.717) is 18.4 Å². The van der Waals surface area contributed by atoms with E-state index in [9.17, 15) is 0 Å². The maximum atomic E-state index is 6.56. The third kappa shape index (κ3) is 8.09. The van der Waals surface area contributed by atoms with Crippen LogP contribution in [0.5, 0.6) is 5.75 Å². The average molecular weight is 1010 g/mol. The summed E-state index contributed by atoms with van der Waals surface area (Å²) >= 11 is 0. The summed E-state index contributed by atoms with van der Waals surface area (Å²) in [7, 11) is 0. The maximum Gasteiger partial charge on any atom is 0.119 e. The van der Waals surface area contributed by atoms with Crippen molar-refractivity contribution in [2.24, 2.45) is 0 Å². The first-order valence-electron chi connectivity index (χ1n) is 27.8. The summed E-state index contributed by atoms with van der Waals surface area (Å²) in [6, 6.07) is 102. The molecule has 0 saturated carbocycles. The van der Waals surface area contributed by atoms with Crippen molar-refractivity contribution in [2.45, 2.75) is 63.4 Å². The highest BCUT2D eigenvalue weighted by Gasteiger charge is 2.48. The van der Waals surface area contributed by atoms with Gasteiger partial charge in [-0.25, -0.2) is 0 Å². The number of nitrogens with zero attached hydrogens (tertiary/aromatic N) is 1. The molecule has 0 heterocycles. The molecule has 11 aromatic rings. The molecule has 0 N–H and O–H groups in total. The van der Waals surface area contributed by atoms with E-state index < -0.39 is 10.8 Å². The van der Waals surface area contributed by atoms with Gasteiger partial charge in [0.05, 0.1) is 10.8 Å². The first-order chi connectivity index (χ1) is 38.4. The molecule has 0 radical (unpaired) electrons. The monoisotopic (exact) mass is 1010 g/mol. The van der Waals surface area contributed by atoms with E-state index in [1.54, 1.807) is 0 Å². The SMILES string of the molecule is CCC(C)c1ccc(COc2ccc(C3(c4ccc(C(C)C)cc4)c4ccccc4-c4ccc(N(c5ccc(-c6ccccc6)cc5)c5ccc6c(c5)C(c5ccccc5)(c5ccccc5)c5ccccc5-6)cc43)cc2)cc1. The lowest BCUT2D eigenvalue weighted by Gasteiger charge is -2.36. The molecule has 78 heavy (non-hydrogen) atoms. The molecular formula is C76H63NO. The second-order valence-corrected chi connectivity index (χ2v) is 21.7. The van der Waals surface area contributed by atoms with Crippen molar-refractivity contribution >= 4 is 17.1 Å². The van der Waals surface area contributed by atoms with Crippen molar-refractivity contribution in [2.75, 3.05) is 4.90 Å². The Morgan fingerprint density at radius 2 is 0.769 bits per heavy atom. The number of hydrogen-bond donors (Lipinski definition) is 0. The number of hydrogen-bond acceptors (Lipinski definition) is 2. The van der Waals surface area contributed by atoms with Crippen LogP contribution in [0.3, 0.4) is 0 Å². The van der Waals surface area contributed by atoms with Gasteiger partial charge >= 0.3 is 0 Å². The van der Waals surface area contributed by atoms with E-state index in [2.05, 4.69) is 306 Å². The fraction of sp³-hybridized carbons (Fsp3) is 0.132. The largest absolute Gasteiger partial charge is 0.489 e. The molecule has 0 saturated heterocycles. The van der Waals surface area contributed by atoms with Crippen molar-refractivity contribution in [3.63, 3.8) is 0 Å². The minimum atomic E-state index is -0.653. The molecule has 2 atom stereocenters. The van der Waals surface area contributed by atoms with Crippen molar-refractivity contribution in [1.82, 2.24) is 0 Å². The van der Waals surface area contributed by atoms with Crippen molar-refractivity contribution < 1.29 is 4.74 Å². The molecule has 2 nitrogen and oxygen atoms in total. The highest BCUT2D eigenvalue weighted by atomic mass is 16.5. The van der Waals surface area contributed by atoms with Gasteiger partial charge in [0, 0.05) is 17.1 Å². The summed E-state index contributed by atoms with van der Waals surface area (Å²) in [6.45, 7) is 9.59. The Morgan fingerprint density at radius 3 is 1.27 bits per heavy atom. The fourth-order valence-corrected chi connectivity index (χ4v) is 12.9. The molecule has 0 aromatic heterocycles. The molecule has 2 aliphatic carbocycles. The minimum absolute atomic E-state index is 0.400. The smallest absolute Gasteiger partial charge is 0.119 e. The molecule has 0 amide bonds. The van der Waals surface area contributed by atoms with Crippen molar-refractivity contribution in [3.05, 3.63) is 334 Å². The summed E-state index contributed by atoms with van der Waals surface area (Å²) in [5.41, 5.74) is 23.2. The van der Waals surface area contributed by atoms with Crippen LogP contribution in [-0.2, 0) is 17.4 Å². The minimum Gasteiger partial charge on any atom is -0.489 e. The summed E-state index contributed by atoms with van der Waals surface area (Å²) in [6.07, 6.45) is 1.12. The Labute approximate surface area is 461 Å². The van der Waals surface area contributed by atoms with Crippen LogP contribution < -0.4 is 9.64 Å². The standard InChI is InChI=1S/C76H63NO/c1-5-53(4)56-31-29-54(30-32-56)51-78-66-45-39-62(40-46-66)76(61-37-33-55(34-38-61)52(2)3)72-28-18-16-26-68(72)70-48-44-65(50-74(70)76)77(63-41-35-58(36-42-63)57-19-9-6-10-20-57)64-43-47-69-67-25-15-17-27-71(67)75(73(69)49-64,59-21-11-7-12-22-59)60-23-13-8-14-24-60/h6-50,52-53H,5,51H2,1-4H3. The Balaban J connectivity index is 1.01. The van der Waals surface area contributed by atoms with E-state index in [4.69, 9.17) is 4.74 Å². The van der Waals surface area contributed by atoms with Crippen LogP contribution in [0, 0.1) is 0 Å². The second-order valence-electron chi connectivity index (χ2n) is 21.7. The number of anilines is 3. The van der Waals surface area contributed by atoms with E-state index in [-0.39, 0.29) is 0 Å². The summed E-state index contributed by atoms with van der Waals surface area (Å²) in [4.78, 5) is 2.49. The normalized spacial score (nSPS) is 15.0. The number of rotatable bonds is 14. The van der Waals surface area contributed by atoms with Crippen LogP contribution in [0.15, 0.2) is 273 Å². The predicted octanol–water partition coefficient (Wildman–Crippen LogP) is 19.8. The Bertz CT molecular complexity index is 3860. The van der Waals surface area contributed by atoms with Gasteiger partial charge in [-0.1, -0.05) is 252 Å². The summed E-state index contributed by atoms with van der Waals surface area (Å²) in [5.74, 6) is 1.79. The summed E-state index contributed by atoms with van der Waals surface area (Å²) < 4.78 is 6.56. The molecule has 378 valence electrons. The summed E-state index contributed by atoms with van der Waals surface area (Å²) in [5, 5.41) is 0. The topological polar surface area (TPSA) is 12.5 Å². The van der Waals surface area contributed by atoms with Gasteiger partial charge < -0.3 is 9.64 Å². The van der Waals surface area contributed by atoms with Crippen LogP contribution in [0.25, 0.3) is 33.4 Å². The van der Waals surface area contributed by atoms with Crippen molar-refractivity contribution in [1.29, 1.82) is 0 Å². The Hall–Kier alpha value is -8.98. The van der Waals surface area contributed by atoms with E-state index in [0.717, 1.165) is 34.8 Å². The van der Waals surface area contributed by atoms with E-state index >= 15 is 0 Å². The number of ether oxygens (including phenoxy) is 1. The zero-order chi connectivity index (χ0) is 52.8. The molecule has 0 bridgehead atoms. The lowest BCUT2D eigenvalue weighted by atomic mass is 9.67. The molecule has 11 aromatic carbocycles. The molecule has 2 unspecified atom stereocenters. The molecular weight excluding hydrogens is 943 g/mol. The average Bonchev–Trinajstić information content (AvgIpc) is 3.97. The molecule has 13 rings (SSSR count). The molecule has 0 aliphatic heterocycles. The number of fused-ring (bicyclic) bond motifs is 6. The number of benzene rings is 11.